The van der Waals surface area contributed by atoms with Gasteiger partial charge in [-0.3, -0.25) is 10.1 Å². The van der Waals surface area contributed by atoms with Crippen LogP contribution in [-0.4, -0.2) is 4.92 Å². The summed E-state index contributed by atoms with van der Waals surface area (Å²) in [5, 5.41) is 11.7. The number of benzene rings is 2. The van der Waals surface area contributed by atoms with Crippen LogP contribution in [0.2, 0.25) is 0 Å². The van der Waals surface area contributed by atoms with Gasteiger partial charge in [-0.2, -0.15) is 0 Å². The second-order valence-electron chi connectivity index (χ2n) is 4.30. The zero-order chi connectivity index (χ0) is 14.5. The Morgan fingerprint density at radius 1 is 1.20 bits per heavy atom. The number of nitro benzene ring substituents is 1. The summed E-state index contributed by atoms with van der Waals surface area (Å²) in [5.41, 5.74) is 1.94. The minimum absolute atomic E-state index is 0.0242. The maximum absolute atomic E-state index is 11.1. The molecule has 0 aromatic heterocycles. The lowest BCUT2D eigenvalue weighted by molar-refractivity contribution is -0.385. The smallest absolute Gasteiger partial charge is 0.311 e. The molecule has 0 bridgehead atoms. The molecule has 0 aliphatic carbocycles. The third-order valence-corrected chi connectivity index (χ3v) is 3.56. The lowest BCUT2D eigenvalue weighted by Gasteiger charge is -2.08. The molecule has 0 spiro atoms. The molecular formula is C15H14BrNO3. The molecule has 0 aliphatic heterocycles. The van der Waals surface area contributed by atoms with Crippen molar-refractivity contribution in [2.75, 3.05) is 0 Å². The van der Waals surface area contributed by atoms with E-state index in [1.165, 1.54) is 6.07 Å². The molecule has 0 saturated heterocycles. The highest BCUT2D eigenvalue weighted by atomic mass is 79.9. The van der Waals surface area contributed by atoms with Crippen molar-refractivity contribution in [1.82, 2.24) is 0 Å². The lowest BCUT2D eigenvalue weighted by Crippen LogP contribution is -1.95. The Balaban J connectivity index is 2.34. The molecule has 0 saturated carbocycles. The summed E-state index contributed by atoms with van der Waals surface area (Å²) in [6.45, 7) is 2.05. The van der Waals surface area contributed by atoms with Crippen molar-refractivity contribution in [3.8, 4) is 11.5 Å². The zero-order valence-corrected chi connectivity index (χ0v) is 12.6. The molecule has 2 aromatic rings. The molecule has 0 unspecified atom stereocenters. The van der Waals surface area contributed by atoms with Crippen molar-refractivity contribution < 1.29 is 9.66 Å². The fourth-order valence-electron chi connectivity index (χ4n) is 1.83. The highest BCUT2D eigenvalue weighted by Crippen LogP contribution is 2.33. The van der Waals surface area contributed by atoms with Gasteiger partial charge in [0.05, 0.1) is 4.92 Å². The average Bonchev–Trinajstić information content (AvgIpc) is 2.47. The van der Waals surface area contributed by atoms with Crippen LogP contribution in [-0.2, 0) is 11.8 Å². The highest BCUT2D eigenvalue weighted by Gasteiger charge is 2.16. The van der Waals surface area contributed by atoms with E-state index < -0.39 is 4.92 Å². The van der Waals surface area contributed by atoms with Gasteiger partial charge < -0.3 is 4.74 Å². The van der Waals surface area contributed by atoms with Gasteiger partial charge in [-0.05, 0) is 35.7 Å². The number of halogens is 1. The normalized spacial score (nSPS) is 10.3. The molecule has 5 heteroatoms. The first-order valence-corrected chi connectivity index (χ1v) is 7.36. The lowest BCUT2D eigenvalue weighted by atomic mass is 10.1. The molecule has 0 radical (unpaired) electrons. The molecule has 0 heterocycles. The van der Waals surface area contributed by atoms with E-state index in [1.807, 2.05) is 25.1 Å². The van der Waals surface area contributed by atoms with E-state index in [9.17, 15) is 10.1 Å². The summed E-state index contributed by atoms with van der Waals surface area (Å²) in [6, 6.07) is 12.5. The maximum Gasteiger partial charge on any atom is 0.311 e. The van der Waals surface area contributed by atoms with Crippen molar-refractivity contribution in [3.63, 3.8) is 0 Å². The molecule has 104 valence electrons. The molecule has 2 rings (SSSR count). The van der Waals surface area contributed by atoms with Crippen molar-refractivity contribution in [2.24, 2.45) is 0 Å². The van der Waals surface area contributed by atoms with Crippen LogP contribution in [0.5, 0.6) is 11.5 Å². The monoisotopic (exact) mass is 335 g/mol. The van der Waals surface area contributed by atoms with Crippen molar-refractivity contribution >= 4 is 21.6 Å². The van der Waals surface area contributed by atoms with Crippen LogP contribution in [0.15, 0.2) is 42.5 Å². The van der Waals surface area contributed by atoms with Gasteiger partial charge in [-0.1, -0.05) is 41.1 Å². The minimum Gasteiger partial charge on any atom is -0.450 e. The molecule has 0 atom stereocenters. The maximum atomic E-state index is 11.1. The summed E-state index contributed by atoms with van der Waals surface area (Å²) < 4.78 is 5.66. The van der Waals surface area contributed by atoms with Gasteiger partial charge in [0.1, 0.15) is 5.75 Å². The van der Waals surface area contributed by atoms with Gasteiger partial charge in [-0.25, -0.2) is 0 Å². The van der Waals surface area contributed by atoms with Crippen molar-refractivity contribution in [2.45, 2.75) is 18.7 Å². The largest absolute Gasteiger partial charge is 0.450 e. The minimum atomic E-state index is -0.425. The Labute approximate surface area is 125 Å². The molecule has 0 aliphatic rings. The highest BCUT2D eigenvalue weighted by molar-refractivity contribution is 9.08. The quantitative estimate of drug-likeness (QED) is 0.446. The van der Waals surface area contributed by atoms with E-state index in [1.54, 1.807) is 18.2 Å². The first kappa shape index (κ1) is 14.5. The van der Waals surface area contributed by atoms with E-state index in [-0.39, 0.29) is 11.4 Å². The van der Waals surface area contributed by atoms with Crippen LogP contribution >= 0.6 is 15.9 Å². The van der Waals surface area contributed by atoms with Gasteiger partial charge in [-0.15, -0.1) is 0 Å². The predicted molar refractivity (Wildman–Crippen MR) is 81.6 cm³/mol. The van der Waals surface area contributed by atoms with Gasteiger partial charge in [0.2, 0.25) is 5.75 Å². The Hall–Kier alpha value is -1.88. The number of nitro groups is 1. The van der Waals surface area contributed by atoms with Crippen LogP contribution in [0.1, 0.15) is 18.1 Å². The number of rotatable bonds is 5. The van der Waals surface area contributed by atoms with Crippen LogP contribution < -0.4 is 4.74 Å². The summed E-state index contributed by atoms with van der Waals surface area (Å²) in [5.74, 6) is 0.868. The zero-order valence-electron chi connectivity index (χ0n) is 11.0. The van der Waals surface area contributed by atoms with Crippen molar-refractivity contribution in [1.29, 1.82) is 0 Å². The summed E-state index contributed by atoms with van der Waals surface area (Å²) in [4.78, 5) is 10.7. The summed E-state index contributed by atoms with van der Waals surface area (Å²) in [7, 11) is 0. The Kier molecular flexibility index (Phi) is 4.74. The van der Waals surface area contributed by atoms with E-state index in [0.717, 1.165) is 17.5 Å². The molecule has 0 fully saturated rings. The number of aryl methyl sites for hydroxylation is 1. The Bertz CT molecular complexity index is 628. The van der Waals surface area contributed by atoms with Gasteiger partial charge in [0, 0.05) is 11.4 Å². The third kappa shape index (κ3) is 3.36. The predicted octanol–water partition coefficient (Wildman–Crippen LogP) is 4.84. The Morgan fingerprint density at radius 2 is 2.00 bits per heavy atom. The first-order valence-electron chi connectivity index (χ1n) is 6.24. The summed E-state index contributed by atoms with van der Waals surface area (Å²) in [6.07, 6.45) is 0.891. The van der Waals surface area contributed by atoms with Crippen molar-refractivity contribution in [3.05, 3.63) is 63.7 Å². The first-order chi connectivity index (χ1) is 9.63. The SMILES string of the molecule is CCc1cccc(Oc2ccc(CBr)cc2[N+](=O)[O-])c1. The third-order valence-electron chi connectivity index (χ3n) is 2.91. The van der Waals surface area contributed by atoms with Crippen LogP contribution in [0.3, 0.4) is 0 Å². The van der Waals surface area contributed by atoms with Crippen LogP contribution in [0, 0.1) is 10.1 Å². The van der Waals surface area contributed by atoms with Crippen LogP contribution in [0.4, 0.5) is 5.69 Å². The molecular weight excluding hydrogens is 322 g/mol. The number of hydrogen-bond acceptors (Lipinski definition) is 3. The Morgan fingerprint density at radius 3 is 2.65 bits per heavy atom. The standard InChI is InChI=1S/C15H14BrNO3/c1-2-11-4-3-5-13(8-11)20-15-7-6-12(10-16)9-14(15)17(18)19/h3-9H,2,10H2,1H3. The van der Waals surface area contributed by atoms with Crippen LogP contribution in [0.25, 0.3) is 0 Å². The van der Waals surface area contributed by atoms with Gasteiger partial charge in [0.15, 0.2) is 0 Å². The van der Waals surface area contributed by atoms with E-state index in [0.29, 0.717) is 11.1 Å². The van der Waals surface area contributed by atoms with E-state index in [4.69, 9.17) is 4.74 Å². The molecule has 4 nitrogen and oxygen atoms in total. The second kappa shape index (κ2) is 6.52. The fraction of sp³-hybridized carbons (Fsp3) is 0.200. The number of nitrogens with zero attached hydrogens (tertiary/aromatic N) is 1. The molecule has 2 aromatic carbocycles. The fourth-order valence-corrected chi connectivity index (χ4v) is 2.18. The van der Waals surface area contributed by atoms with Gasteiger partial charge in [0.25, 0.3) is 0 Å². The second-order valence-corrected chi connectivity index (χ2v) is 4.86. The topological polar surface area (TPSA) is 52.4 Å². The molecule has 20 heavy (non-hydrogen) atoms. The van der Waals surface area contributed by atoms with Gasteiger partial charge >= 0.3 is 5.69 Å². The molecule has 0 amide bonds. The number of ether oxygens (including phenoxy) is 1. The number of hydrogen-bond donors (Lipinski definition) is 0. The van der Waals surface area contributed by atoms with E-state index in [2.05, 4.69) is 15.9 Å². The summed E-state index contributed by atoms with van der Waals surface area (Å²) >= 11 is 3.29. The molecule has 0 N–H and O–H groups in total. The van der Waals surface area contributed by atoms with E-state index >= 15 is 0 Å². The number of alkyl halides is 1. The average molecular weight is 336 g/mol.